The summed E-state index contributed by atoms with van der Waals surface area (Å²) in [6, 6.07) is 4.69. The molecule has 0 radical (unpaired) electrons. The molecule has 2 unspecified atom stereocenters. The van der Waals surface area contributed by atoms with Gasteiger partial charge < -0.3 is 41.9 Å². The van der Waals surface area contributed by atoms with Crippen LogP contribution in [0.15, 0.2) is 43.0 Å². The molecule has 1 aromatic rings. The van der Waals surface area contributed by atoms with E-state index in [0.717, 1.165) is 0 Å². The molecular weight excluding hydrogens is 410 g/mol. The summed E-state index contributed by atoms with van der Waals surface area (Å²) in [5.41, 5.74) is 6.05. The lowest BCUT2D eigenvalue weighted by Gasteiger charge is -2.30. The van der Waals surface area contributed by atoms with Crippen LogP contribution in [0, 0.1) is 0 Å². The van der Waals surface area contributed by atoms with Crippen LogP contribution in [0.25, 0.3) is 0 Å². The Hall–Kier alpha value is -2.83. The van der Waals surface area contributed by atoms with Crippen LogP contribution in [0.5, 0.6) is 0 Å². The highest BCUT2D eigenvalue weighted by molar-refractivity contribution is 5.83. The molecule has 0 fully saturated rings. The van der Waals surface area contributed by atoms with Gasteiger partial charge in [-0.1, -0.05) is 36.4 Å². The van der Waals surface area contributed by atoms with E-state index in [0.29, 0.717) is 5.56 Å². The highest BCUT2D eigenvalue weighted by atomic mass is 16.4. The maximum Gasteiger partial charge on any atom is 0.305 e. The first kappa shape index (κ1) is 26.2. The Morgan fingerprint density at radius 1 is 1.03 bits per heavy atom. The molecule has 0 aliphatic heterocycles. The zero-order valence-corrected chi connectivity index (χ0v) is 16.8. The number of rotatable bonds is 13. The minimum Gasteiger partial charge on any atom is -0.481 e. The molecule has 11 heteroatoms. The number of amides is 2. The molecular formula is C20H29N3O8. The fourth-order valence-electron chi connectivity index (χ4n) is 2.76. The van der Waals surface area contributed by atoms with Crippen LogP contribution < -0.4 is 16.4 Å². The Morgan fingerprint density at radius 3 is 2.16 bits per heavy atom. The molecule has 0 aliphatic rings. The van der Waals surface area contributed by atoms with Crippen molar-refractivity contribution in [1.29, 1.82) is 0 Å². The number of hydrogen-bond donors (Lipinski definition) is 8. The van der Waals surface area contributed by atoms with E-state index in [2.05, 4.69) is 17.2 Å². The van der Waals surface area contributed by atoms with Crippen LogP contribution in [-0.4, -0.2) is 80.3 Å². The van der Waals surface area contributed by atoms with Gasteiger partial charge in [-0.25, -0.2) is 0 Å². The van der Waals surface area contributed by atoms with E-state index in [1.54, 1.807) is 30.3 Å². The monoisotopic (exact) mass is 439 g/mol. The zero-order chi connectivity index (χ0) is 23.6. The summed E-state index contributed by atoms with van der Waals surface area (Å²) >= 11 is 0. The molecule has 0 saturated carbocycles. The van der Waals surface area contributed by atoms with Crippen LogP contribution in [0.2, 0.25) is 0 Å². The van der Waals surface area contributed by atoms with Gasteiger partial charge in [-0.05, 0) is 12.0 Å². The second-order valence-corrected chi connectivity index (χ2v) is 6.92. The van der Waals surface area contributed by atoms with Crippen molar-refractivity contribution in [2.24, 2.45) is 5.73 Å². The van der Waals surface area contributed by atoms with Crippen LogP contribution in [0.4, 0.5) is 0 Å². The molecule has 0 heterocycles. The molecule has 2 amide bonds. The standard InChI is InChI=1S/C20H29N3O8/c1-2-6-12(21)19(30)23-14(10-24)16(27)17(28)18(29)20(31)22-13(9-15(25)26)11-7-4-3-5-8-11/h2-5,7-8,12-14,16-18,24,27-29H,1,6,9-10,21H2,(H,22,31)(H,23,30)(H,25,26)/t12?,13?,14-,16+,17+,18-/m0/s1. The Bertz CT molecular complexity index is 745. The van der Waals surface area contributed by atoms with E-state index in [4.69, 9.17) is 10.8 Å². The number of carboxylic acid groups (broad SMARTS) is 1. The van der Waals surface area contributed by atoms with E-state index in [9.17, 15) is 34.8 Å². The first-order valence-electron chi connectivity index (χ1n) is 9.51. The minimum atomic E-state index is -2.18. The van der Waals surface area contributed by atoms with Crippen LogP contribution in [-0.2, 0) is 14.4 Å². The lowest BCUT2D eigenvalue weighted by Crippen LogP contribution is -2.58. The molecule has 11 nitrogen and oxygen atoms in total. The van der Waals surface area contributed by atoms with Gasteiger partial charge in [0.2, 0.25) is 5.91 Å². The highest BCUT2D eigenvalue weighted by Gasteiger charge is 2.36. The summed E-state index contributed by atoms with van der Waals surface area (Å²) in [5, 5.41) is 53.6. The number of nitrogens with one attached hydrogen (secondary N) is 2. The Morgan fingerprint density at radius 2 is 1.65 bits per heavy atom. The number of carboxylic acids is 1. The van der Waals surface area contributed by atoms with E-state index in [-0.39, 0.29) is 6.42 Å². The number of aliphatic carboxylic acids is 1. The van der Waals surface area contributed by atoms with Crippen molar-refractivity contribution >= 4 is 17.8 Å². The predicted molar refractivity (Wildman–Crippen MR) is 109 cm³/mol. The maximum atomic E-state index is 12.4. The third-order valence-electron chi connectivity index (χ3n) is 4.53. The van der Waals surface area contributed by atoms with Gasteiger partial charge in [-0.2, -0.15) is 0 Å². The molecule has 0 aromatic heterocycles. The number of aliphatic hydroxyl groups excluding tert-OH is 4. The van der Waals surface area contributed by atoms with Gasteiger partial charge in [0.05, 0.1) is 31.2 Å². The lowest BCUT2D eigenvalue weighted by atomic mass is 9.99. The fraction of sp³-hybridized carbons (Fsp3) is 0.450. The molecule has 9 N–H and O–H groups in total. The number of aliphatic hydroxyl groups is 4. The van der Waals surface area contributed by atoms with E-state index in [1.807, 2.05) is 0 Å². The highest BCUT2D eigenvalue weighted by Crippen LogP contribution is 2.17. The van der Waals surface area contributed by atoms with E-state index in [1.165, 1.54) is 6.08 Å². The quantitative estimate of drug-likeness (QED) is 0.157. The van der Waals surface area contributed by atoms with Crippen LogP contribution >= 0.6 is 0 Å². The normalized spacial score (nSPS) is 16.8. The zero-order valence-electron chi connectivity index (χ0n) is 16.8. The minimum absolute atomic E-state index is 0.123. The SMILES string of the molecule is C=CCC(N)C(=O)N[C@@H](CO)[C@@H](O)[C@@H](O)[C@H](O)C(=O)NC(CC(=O)O)c1ccccc1. The van der Waals surface area contributed by atoms with E-state index < -0.39 is 67.2 Å². The first-order valence-corrected chi connectivity index (χ1v) is 9.51. The summed E-state index contributed by atoms with van der Waals surface area (Å²) in [7, 11) is 0. The lowest BCUT2D eigenvalue weighted by molar-refractivity contribution is -0.145. The molecule has 0 saturated heterocycles. The van der Waals surface area contributed by atoms with Gasteiger partial charge >= 0.3 is 5.97 Å². The van der Waals surface area contributed by atoms with Crippen molar-refractivity contribution in [1.82, 2.24) is 10.6 Å². The Kier molecular flexibility index (Phi) is 10.8. The third kappa shape index (κ3) is 8.07. The van der Waals surface area contributed by atoms with Gasteiger partial charge in [-0.3, -0.25) is 14.4 Å². The van der Waals surface area contributed by atoms with Crippen molar-refractivity contribution < 1.29 is 39.9 Å². The Labute approximate surface area is 179 Å². The first-order chi connectivity index (χ1) is 14.6. The van der Waals surface area contributed by atoms with Crippen LogP contribution in [0.3, 0.4) is 0 Å². The summed E-state index contributed by atoms with van der Waals surface area (Å²) < 4.78 is 0. The van der Waals surface area contributed by atoms with Gasteiger partial charge in [0, 0.05) is 0 Å². The van der Waals surface area contributed by atoms with Crippen molar-refractivity contribution in [3.63, 3.8) is 0 Å². The molecule has 6 atom stereocenters. The second-order valence-electron chi connectivity index (χ2n) is 6.92. The molecule has 1 aromatic carbocycles. The third-order valence-corrected chi connectivity index (χ3v) is 4.53. The summed E-state index contributed by atoms with van der Waals surface area (Å²) in [4.78, 5) is 35.4. The van der Waals surface area contributed by atoms with Crippen LogP contribution in [0.1, 0.15) is 24.4 Å². The average Bonchev–Trinajstić information content (AvgIpc) is 2.75. The summed E-state index contributed by atoms with van der Waals surface area (Å²) in [6.07, 6.45) is -5.18. The molecule has 0 aliphatic carbocycles. The molecule has 0 bridgehead atoms. The van der Waals surface area contributed by atoms with Gasteiger partial charge in [0.1, 0.15) is 12.2 Å². The smallest absolute Gasteiger partial charge is 0.305 e. The number of hydrogen-bond acceptors (Lipinski definition) is 8. The average molecular weight is 439 g/mol. The summed E-state index contributed by atoms with van der Waals surface area (Å²) in [6.45, 7) is 2.62. The molecule has 0 spiro atoms. The van der Waals surface area contributed by atoms with Crippen molar-refractivity contribution in [3.05, 3.63) is 48.6 Å². The molecule has 1 rings (SSSR count). The Balaban J connectivity index is 2.84. The van der Waals surface area contributed by atoms with Gasteiger partial charge in [0.15, 0.2) is 6.10 Å². The predicted octanol–water partition coefficient (Wildman–Crippen LogP) is -2.22. The van der Waals surface area contributed by atoms with Gasteiger partial charge in [-0.15, -0.1) is 6.58 Å². The summed E-state index contributed by atoms with van der Waals surface area (Å²) in [5.74, 6) is -3.09. The number of carbonyl (C=O) groups excluding carboxylic acids is 2. The number of carbonyl (C=O) groups is 3. The molecule has 31 heavy (non-hydrogen) atoms. The van der Waals surface area contributed by atoms with Gasteiger partial charge in [0.25, 0.3) is 5.91 Å². The van der Waals surface area contributed by atoms with E-state index >= 15 is 0 Å². The fourth-order valence-corrected chi connectivity index (χ4v) is 2.76. The number of nitrogens with two attached hydrogens (primary N) is 1. The molecule has 172 valence electrons. The van der Waals surface area contributed by atoms with Crippen molar-refractivity contribution in [3.8, 4) is 0 Å². The van der Waals surface area contributed by atoms with Crippen molar-refractivity contribution in [2.75, 3.05) is 6.61 Å². The second kappa shape index (κ2) is 12.8. The number of benzene rings is 1. The topological polar surface area (TPSA) is 202 Å². The largest absolute Gasteiger partial charge is 0.481 e. The van der Waals surface area contributed by atoms with Crippen molar-refractivity contribution in [2.45, 2.75) is 49.3 Å². The maximum absolute atomic E-state index is 12.4.